The van der Waals surface area contributed by atoms with Gasteiger partial charge in [0.25, 0.3) is 5.91 Å². The molecule has 3 rings (SSSR count). The number of carboxylic acids is 2. The average molecular weight is 599 g/mol. The van der Waals surface area contributed by atoms with Gasteiger partial charge in [-0.05, 0) is 39.9 Å². The SMILES string of the molecule is NN=Cc1ccc(CNC(=O)c2ccccc2-c2cccc(C=NN)c2)cc1.O=C(O)C(F)(F)F.O=C(O)C(F)(F)F. The largest absolute Gasteiger partial charge is 0.490 e. The van der Waals surface area contributed by atoms with Crippen LogP contribution in [0, 0.1) is 0 Å². The first-order valence-corrected chi connectivity index (χ1v) is 11.2. The molecule has 0 aliphatic carbocycles. The molecule has 0 spiro atoms. The number of rotatable bonds is 6. The van der Waals surface area contributed by atoms with Crippen molar-refractivity contribution in [2.45, 2.75) is 18.9 Å². The maximum Gasteiger partial charge on any atom is 0.490 e. The number of halogens is 6. The van der Waals surface area contributed by atoms with E-state index >= 15 is 0 Å². The van der Waals surface area contributed by atoms with E-state index < -0.39 is 24.3 Å². The van der Waals surface area contributed by atoms with Crippen LogP contribution in [0.15, 0.2) is 83.0 Å². The standard InChI is InChI=1S/C22H21N5O.2C2HF3O2/c23-26-14-17-10-8-16(9-11-17)13-25-22(28)21-7-2-1-6-20(21)19-5-3-4-18(12-19)15-27-24;2*3-2(4,5)1(6)7/h1-12,14-15H,13,23-24H2,(H,25,28);2*(H,6,7). The Hall–Kier alpha value is -5.41. The second-order valence-electron chi connectivity index (χ2n) is 7.76. The molecule has 0 aliphatic heterocycles. The normalized spacial score (nSPS) is 11.2. The van der Waals surface area contributed by atoms with E-state index in [1.807, 2.05) is 72.8 Å². The molecule has 0 aromatic heterocycles. The van der Waals surface area contributed by atoms with Crippen LogP contribution in [0.25, 0.3) is 11.1 Å². The molecule has 0 heterocycles. The molecule has 3 aromatic rings. The van der Waals surface area contributed by atoms with Gasteiger partial charge in [-0.25, -0.2) is 9.59 Å². The molecule has 7 N–H and O–H groups in total. The third-order valence-electron chi connectivity index (χ3n) is 4.73. The smallest absolute Gasteiger partial charge is 0.475 e. The number of hydrogen-bond donors (Lipinski definition) is 5. The lowest BCUT2D eigenvalue weighted by molar-refractivity contribution is -0.193. The Bertz CT molecular complexity index is 1380. The molecule has 42 heavy (non-hydrogen) atoms. The van der Waals surface area contributed by atoms with Crippen LogP contribution < -0.4 is 17.0 Å². The third-order valence-corrected chi connectivity index (χ3v) is 4.73. The highest BCUT2D eigenvalue weighted by Gasteiger charge is 2.38. The first-order valence-electron chi connectivity index (χ1n) is 11.2. The zero-order valence-electron chi connectivity index (χ0n) is 21.2. The lowest BCUT2D eigenvalue weighted by Crippen LogP contribution is -2.23. The summed E-state index contributed by atoms with van der Waals surface area (Å²) in [6, 6.07) is 22.9. The number of nitrogens with one attached hydrogen (secondary N) is 1. The van der Waals surface area contributed by atoms with Crippen molar-refractivity contribution in [1.82, 2.24) is 5.32 Å². The van der Waals surface area contributed by atoms with Gasteiger partial charge < -0.3 is 27.2 Å². The van der Waals surface area contributed by atoms with E-state index in [2.05, 4.69) is 15.5 Å². The van der Waals surface area contributed by atoms with Crippen molar-refractivity contribution in [2.24, 2.45) is 21.9 Å². The van der Waals surface area contributed by atoms with Crippen molar-refractivity contribution in [3.63, 3.8) is 0 Å². The van der Waals surface area contributed by atoms with Crippen LogP contribution in [0.5, 0.6) is 0 Å². The molecule has 3 aromatic carbocycles. The fourth-order valence-corrected chi connectivity index (χ4v) is 2.89. The number of hydrazone groups is 2. The predicted octanol–water partition coefficient (Wildman–Crippen LogP) is 4.14. The number of carbonyl (C=O) groups excluding carboxylic acids is 1. The zero-order chi connectivity index (χ0) is 31.9. The van der Waals surface area contributed by atoms with E-state index in [-0.39, 0.29) is 5.91 Å². The van der Waals surface area contributed by atoms with E-state index in [9.17, 15) is 31.1 Å². The molecule has 0 aliphatic rings. The maximum absolute atomic E-state index is 12.8. The van der Waals surface area contributed by atoms with Crippen molar-refractivity contribution in [3.05, 3.63) is 95.1 Å². The molecule has 0 radical (unpaired) electrons. The quantitative estimate of drug-likeness (QED) is 0.122. The molecular weight excluding hydrogens is 576 g/mol. The predicted molar refractivity (Wildman–Crippen MR) is 140 cm³/mol. The summed E-state index contributed by atoms with van der Waals surface area (Å²) in [5.41, 5.74) is 5.15. The number of nitrogens with two attached hydrogens (primary N) is 2. The molecule has 224 valence electrons. The molecule has 10 nitrogen and oxygen atoms in total. The first-order chi connectivity index (χ1) is 19.6. The van der Waals surface area contributed by atoms with Crippen LogP contribution in [-0.2, 0) is 16.1 Å². The minimum Gasteiger partial charge on any atom is -0.475 e. The number of nitrogens with zero attached hydrogens (tertiary/aromatic N) is 2. The minimum absolute atomic E-state index is 0.138. The monoisotopic (exact) mass is 599 g/mol. The van der Waals surface area contributed by atoms with Gasteiger partial charge in [-0.3, -0.25) is 4.79 Å². The number of hydrogen-bond acceptors (Lipinski definition) is 7. The molecule has 0 fully saturated rings. The Labute approximate surface area is 234 Å². The van der Waals surface area contributed by atoms with Crippen LogP contribution in [0.3, 0.4) is 0 Å². The van der Waals surface area contributed by atoms with Gasteiger partial charge in [-0.15, -0.1) is 0 Å². The highest BCUT2D eigenvalue weighted by Crippen LogP contribution is 2.24. The van der Waals surface area contributed by atoms with Gasteiger partial charge in [-0.1, -0.05) is 60.7 Å². The van der Waals surface area contributed by atoms with Gasteiger partial charge in [0.1, 0.15) is 0 Å². The lowest BCUT2D eigenvalue weighted by atomic mass is 9.97. The Morgan fingerprint density at radius 1 is 0.738 bits per heavy atom. The summed E-state index contributed by atoms with van der Waals surface area (Å²) in [6.45, 7) is 0.424. The number of amides is 1. The Balaban J connectivity index is 0.000000522. The molecule has 0 atom stereocenters. The van der Waals surface area contributed by atoms with Gasteiger partial charge in [0.05, 0.1) is 12.4 Å². The summed E-state index contributed by atoms with van der Waals surface area (Å²) in [6.07, 6.45) is -7.02. The van der Waals surface area contributed by atoms with Crippen LogP contribution in [0.4, 0.5) is 26.3 Å². The first kappa shape index (κ1) is 34.6. The van der Waals surface area contributed by atoms with Crippen LogP contribution in [0.1, 0.15) is 27.0 Å². The topological polar surface area (TPSA) is 180 Å². The second-order valence-corrected chi connectivity index (χ2v) is 7.76. The summed E-state index contributed by atoms with van der Waals surface area (Å²) in [5.74, 6) is 4.74. The summed E-state index contributed by atoms with van der Waals surface area (Å²) >= 11 is 0. The zero-order valence-corrected chi connectivity index (χ0v) is 21.2. The summed E-state index contributed by atoms with van der Waals surface area (Å²) in [4.78, 5) is 30.6. The van der Waals surface area contributed by atoms with E-state index in [0.29, 0.717) is 12.1 Å². The lowest BCUT2D eigenvalue weighted by Gasteiger charge is -2.11. The molecule has 0 saturated carbocycles. The number of aliphatic carboxylic acids is 2. The van der Waals surface area contributed by atoms with Crippen molar-refractivity contribution in [1.29, 1.82) is 0 Å². The van der Waals surface area contributed by atoms with Crippen molar-refractivity contribution >= 4 is 30.3 Å². The number of carbonyl (C=O) groups is 3. The van der Waals surface area contributed by atoms with Crippen LogP contribution in [-0.4, -0.2) is 52.8 Å². The second kappa shape index (κ2) is 16.0. The van der Waals surface area contributed by atoms with Crippen LogP contribution >= 0.6 is 0 Å². The van der Waals surface area contributed by atoms with E-state index in [1.165, 1.54) is 0 Å². The maximum atomic E-state index is 12.8. The molecule has 1 amide bonds. The Morgan fingerprint density at radius 3 is 1.74 bits per heavy atom. The fourth-order valence-electron chi connectivity index (χ4n) is 2.89. The van der Waals surface area contributed by atoms with Crippen molar-refractivity contribution in [3.8, 4) is 11.1 Å². The van der Waals surface area contributed by atoms with Gasteiger partial charge in [-0.2, -0.15) is 36.5 Å². The number of benzene rings is 3. The molecular formula is C26H23F6N5O5. The minimum atomic E-state index is -5.08. The van der Waals surface area contributed by atoms with E-state index in [4.69, 9.17) is 31.5 Å². The molecule has 16 heteroatoms. The van der Waals surface area contributed by atoms with Crippen molar-refractivity contribution < 1.29 is 50.9 Å². The summed E-state index contributed by atoms with van der Waals surface area (Å²) in [5, 5.41) is 24.3. The van der Waals surface area contributed by atoms with Gasteiger partial charge in [0.15, 0.2) is 0 Å². The number of alkyl halides is 6. The molecule has 0 bridgehead atoms. The van der Waals surface area contributed by atoms with Crippen LogP contribution in [0.2, 0.25) is 0 Å². The highest BCUT2D eigenvalue weighted by atomic mass is 19.4. The van der Waals surface area contributed by atoms with Crippen molar-refractivity contribution in [2.75, 3.05) is 0 Å². The molecule has 0 unspecified atom stereocenters. The average Bonchev–Trinajstić information content (AvgIpc) is 2.93. The molecule has 0 saturated heterocycles. The highest BCUT2D eigenvalue weighted by molar-refractivity contribution is 6.01. The van der Waals surface area contributed by atoms with Gasteiger partial charge in [0, 0.05) is 12.1 Å². The fraction of sp³-hybridized carbons (Fsp3) is 0.115. The summed E-state index contributed by atoms with van der Waals surface area (Å²) in [7, 11) is 0. The third kappa shape index (κ3) is 12.2. The van der Waals surface area contributed by atoms with E-state index in [0.717, 1.165) is 27.8 Å². The van der Waals surface area contributed by atoms with Gasteiger partial charge >= 0.3 is 24.3 Å². The van der Waals surface area contributed by atoms with Gasteiger partial charge in [0.2, 0.25) is 0 Å². The van der Waals surface area contributed by atoms with E-state index in [1.54, 1.807) is 12.4 Å². The summed E-state index contributed by atoms with van der Waals surface area (Å²) < 4.78 is 63.5. The Morgan fingerprint density at radius 2 is 1.24 bits per heavy atom. The Kier molecular flexibility index (Phi) is 13.2. The number of carboxylic acid groups (broad SMARTS) is 2.